The van der Waals surface area contributed by atoms with E-state index in [0.29, 0.717) is 5.65 Å². The zero-order valence-electron chi connectivity index (χ0n) is 9.45. The number of hydrogen-bond acceptors (Lipinski definition) is 2. The van der Waals surface area contributed by atoms with Crippen molar-refractivity contribution in [2.75, 3.05) is 0 Å². The number of nitrogens with zero attached hydrogens (tertiary/aromatic N) is 3. The summed E-state index contributed by atoms with van der Waals surface area (Å²) in [7, 11) is 0. The fourth-order valence-electron chi connectivity index (χ4n) is 1.66. The van der Waals surface area contributed by atoms with Gasteiger partial charge in [0.1, 0.15) is 17.3 Å². The Labute approximate surface area is 93.1 Å². The van der Waals surface area contributed by atoms with Gasteiger partial charge in [-0.2, -0.15) is 9.65 Å². The highest BCUT2D eigenvalue weighted by atomic mass is 19.1. The fraction of sp³-hybridized carbons (Fsp3) is 0.333. The van der Waals surface area contributed by atoms with Crippen molar-refractivity contribution in [2.24, 2.45) is 0 Å². The third kappa shape index (κ3) is 1.54. The minimum absolute atomic E-state index is 0.0147. The van der Waals surface area contributed by atoms with Crippen LogP contribution in [0.25, 0.3) is 11.0 Å². The molecule has 2 heterocycles. The second-order valence-corrected chi connectivity index (χ2v) is 4.71. The molecule has 0 aromatic carbocycles. The van der Waals surface area contributed by atoms with Crippen LogP contribution in [0.1, 0.15) is 26.3 Å². The van der Waals surface area contributed by atoms with Crippen LogP contribution in [-0.4, -0.2) is 9.55 Å². The average molecular weight is 217 g/mol. The molecule has 0 saturated carbocycles. The molecule has 0 amide bonds. The van der Waals surface area contributed by atoms with Crippen molar-refractivity contribution >= 4 is 11.0 Å². The van der Waals surface area contributed by atoms with E-state index in [-0.39, 0.29) is 11.1 Å². The zero-order chi connectivity index (χ0) is 11.9. The van der Waals surface area contributed by atoms with Gasteiger partial charge in [-0.25, -0.2) is 4.98 Å². The molecule has 2 rings (SSSR count). The van der Waals surface area contributed by atoms with E-state index < -0.39 is 5.95 Å². The van der Waals surface area contributed by atoms with E-state index in [4.69, 9.17) is 5.26 Å². The normalized spacial score (nSPS) is 11.7. The molecule has 0 aliphatic carbocycles. The van der Waals surface area contributed by atoms with Gasteiger partial charge in [0, 0.05) is 17.1 Å². The molecule has 0 saturated heterocycles. The lowest BCUT2D eigenvalue weighted by atomic mass is 10.1. The van der Waals surface area contributed by atoms with E-state index in [2.05, 4.69) is 4.98 Å². The molecule has 0 bridgehead atoms. The maximum absolute atomic E-state index is 13.4. The van der Waals surface area contributed by atoms with Gasteiger partial charge in [0.15, 0.2) is 0 Å². The molecule has 2 aromatic heterocycles. The van der Waals surface area contributed by atoms with Crippen molar-refractivity contribution in [3.05, 3.63) is 29.8 Å². The third-order valence-electron chi connectivity index (χ3n) is 2.46. The minimum Gasteiger partial charge on any atom is -0.327 e. The highest BCUT2D eigenvalue weighted by Gasteiger charge is 2.17. The summed E-state index contributed by atoms with van der Waals surface area (Å²) >= 11 is 0. The second kappa shape index (κ2) is 3.31. The highest BCUT2D eigenvalue weighted by Crippen LogP contribution is 2.23. The molecule has 0 radical (unpaired) electrons. The van der Waals surface area contributed by atoms with E-state index >= 15 is 0 Å². The quantitative estimate of drug-likeness (QED) is 0.637. The van der Waals surface area contributed by atoms with Crippen LogP contribution >= 0.6 is 0 Å². The van der Waals surface area contributed by atoms with Gasteiger partial charge in [0.25, 0.3) is 0 Å². The van der Waals surface area contributed by atoms with Gasteiger partial charge in [-0.05, 0) is 32.9 Å². The molecule has 0 aliphatic heterocycles. The van der Waals surface area contributed by atoms with E-state index in [1.807, 2.05) is 37.6 Å². The van der Waals surface area contributed by atoms with Crippen molar-refractivity contribution < 1.29 is 4.39 Å². The molecular formula is C12H12FN3. The van der Waals surface area contributed by atoms with Crippen LogP contribution in [0.5, 0.6) is 0 Å². The molecule has 0 N–H and O–H groups in total. The maximum Gasteiger partial charge on any atom is 0.232 e. The van der Waals surface area contributed by atoms with Crippen LogP contribution in [-0.2, 0) is 5.54 Å². The summed E-state index contributed by atoms with van der Waals surface area (Å²) in [5.74, 6) is -0.709. The van der Waals surface area contributed by atoms with E-state index in [0.717, 1.165) is 5.39 Å². The zero-order valence-corrected chi connectivity index (χ0v) is 9.45. The molecule has 0 atom stereocenters. The smallest absolute Gasteiger partial charge is 0.232 e. The Balaban J connectivity index is 2.76. The topological polar surface area (TPSA) is 41.6 Å². The molecule has 2 aromatic rings. The molecule has 16 heavy (non-hydrogen) atoms. The summed E-state index contributed by atoms with van der Waals surface area (Å²) in [4.78, 5) is 3.85. The van der Waals surface area contributed by atoms with Crippen molar-refractivity contribution in [3.63, 3.8) is 0 Å². The molecule has 0 aliphatic rings. The first-order valence-electron chi connectivity index (χ1n) is 5.01. The van der Waals surface area contributed by atoms with Gasteiger partial charge in [0.05, 0.1) is 0 Å². The summed E-state index contributed by atoms with van der Waals surface area (Å²) in [6.07, 6.45) is 1.86. The predicted molar refractivity (Wildman–Crippen MR) is 59.4 cm³/mol. The molecular weight excluding hydrogens is 205 g/mol. The Bertz CT molecular complexity index is 585. The number of hydrogen-bond donors (Lipinski definition) is 0. The fourth-order valence-corrected chi connectivity index (χ4v) is 1.66. The van der Waals surface area contributed by atoms with Crippen molar-refractivity contribution in [2.45, 2.75) is 26.3 Å². The first kappa shape index (κ1) is 10.6. The lowest BCUT2D eigenvalue weighted by molar-refractivity contribution is 0.407. The lowest BCUT2D eigenvalue weighted by Gasteiger charge is -2.21. The first-order chi connectivity index (χ1) is 7.43. The lowest BCUT2D eigenvalue weighted by Crippen LogP contribution is -2.21. The Hall–Kier alpha value is -1.89. The van der Waals surface area contributed by atoms with Gasteiger partial charge in [-0.1, -0.05) is 0 Å². The van der Waals surface area contributed by atoms with Crippen LogP contribution in [0.15, 0.2) is 18.3 Å². The average Bonchev–Trinajstić information content (AvgIpc) is 2.58. The summed E-state index contributed by atoms with van der Waals surface area (Å²) in [5.41, 5.74) is 0.401. The van der Waals surface area contributed by atoms with E-state index in [1.54, 1.807) is 6.07 Å². The number of aromatic nitrogens is 2. The Morgan fingerprint density at radius 3 is 2.69 bits per heavy atom. The third-order valence-corrected chi connectivity index (χ3v) is 2.46. The molecule has 0 fully saturated rings. The predicted octanol–water partition coefficient (Wildman–Crippen LogP) is 2.80. The summed E-state index contributed by atoms with van der Waals surface area (Å²) in [6, 6.07) is 5.16. The SMILES string of the molecule is CC(C)(C)n1ccc2cc(C#N)c(F)nc21. The van der Waals surface area contributed by atoms with E-state index in [1.165, 1.54) is 6.07 Å². The van der Waals surface area contributed by atoms with Crippen molar-refractivity contribution in [1.82, 2.24) is 9.55 Å². The molecule has 4 heteroatoms. The number of fused-ring (bicyclic) bond motifs is 1. The van der Waals surface area contributed by atoms with Crippen molar-refractivity contribution in [3.8, 4) is 6.07 Å². The van der Waals surface area contributed by atoms with Crippen LogP contribution in [0, 0.1) is 17.3 Å². The van der Waals surface area contributed by atoms with E-state index in [9.17, 15) is 4.39 Å². The van der Waals surface area contributed by atoms with Crippen LogP contribution in [0.4, 0.5) is 4.39 Å². The Morgan fingerprint density at radius 1 is 1.44 bits per heavy atom. The standard InChI is InChI=1S/C12H12FN3/c1-12(2,3)16-5-4-8-6-9(7-14)10(13)15-11(8)16/h4-6H,1-3H3. The van der Waals surface area contributed by atoms with Crippen molar-refractivity contribution in [1.29, 1.82) is 5.26 Å². The molecule has 0 spiro atoms. The van der Waals surface area contributed by atoms with Gasteiger partial charge in [0.2, 0.25) is 5.95 Å². The van der Waals surface area contributed by atoms with Gasteiger partial charge >= 0.3 is 0 Å². The largest absolute Gasteiger partial charge is 0.327 e. The number of rotatable bonds is 0. The minimum atomic E-state index is -0.709. The molecule has 3 nitrogen and oxygen atoms in total. The number of nitriles is 1. The number of halogens is 1. The summed E-state index contributed by atoms with van der Waals surface area (Å²) in [6.45, 7) is 6.05. The maximum atomic E-state index is 13.4. The summed E-state index contributed by atoms with van der Waals surface area (Å²) < 4.78 is 15.3. The summed E-state index contributed by atoms with van der Waals surface area (Å²) in [5, 5.41) is 9.49. The van der Waals surface area contributed by atoms with Crippen LogP contribution in [0.2, 0.25) is 0 Å². The molecule has 0 unspecified atom stereocenters. The monoisotopic (exact) mass is 217 g/mol. The van der Waals surface area contributed by atoms with Crippen LogP contribution in [0.3, 0.4) is 0 Å². The first-order valence-corrected chi connectivity index (χ1v) is 5.01. The number of pyridine rings is 1. The van der Waals surface area contributed by atoms with Gasteiger partial charge in [-0.3, -0.25) is 0 Å². The van der Waals surface area contributed by atoms with Crippen LogP contribution < -0.4 is 0 Å². The Kier molecular flexibility index (Phi) is 2.20. The second-order valence-electron chi connectivity index (χ2n) is 4.71. The molecule has 82 valence electrons. The Morgan fingerprint density at radius 2 is 2.12 bits per heavy atom. The van der Waals surface area contributed by atoms with Gasteiger partial charge in [-0.15, -0.1) is 0 Å². The van der Waals surface area contributed by atoms with Gasteiger partial charge < -0.3 is 4.57 Å². The highest BCUT2D eigenvalue weighted by molar-refractivity contribution is 5.77.